The predicted octanol–water partition coefficient (Wildman–Crippen LogP) is -5.24. The number of carbonyl (C=O) groups is 2. The third kappa shape index (κ3) is 4.30. The van der Waals surface area contributed by atoms with Crippen LogP contribution in [0.4, 0.5) is 4.39 Å². The first-order valence-electron chi connectivity index (χ1n) is 10.8. The van der Waals surface area contributed by atoms with Crippen LogP contribution < -0.4 is 68.9 Å². The van der Waals surface area contributed by atoms with Crippen LogP contribution in [0.25, 0.3) is 0 Å². The number of phosphoric ester groups is 1. The number of hydrogen-bond donors (Lipinski definition) is 2. The van der Waals surface area contributed by atoms with Crippen molar-refractivity contribution in [3.05, 3.63) is 23.8 Å². The summed E-state index contributed by atoms with van der Waals surface area (Å²) in [4.78, 5) is 47.2. The van der Waals surface area contributed by atoms with Gasteiger partial charge in [0.1, 0.15) is 0 Å². The van der Waals surface area contributed by atoms with Crippen molar-refractivity contribution < 1.29 is 102 Å². The van der Waals surface area contributed by atoms with E-state index in [2.05, 4.69) is 4.52 Å². The van der Waals surface area contributed by atoms with E-state index in [9.17, 15) is 34.2 Å². The molecule has 0 spiro atoms. The number of carbonyl (C=O) groups excluding carboxylic acids is 2. The fraction of sp³-hybridized carbons (Fsp3) is 0.727. The van der Waals surface area contributed by atoms with Crippen molar-refractivity contribution in [2.75, 3.05) is 6.61 Å². The molecule has 34 heavy (non-hydrogen) atoms. The summed E-state index contributed by atoms with van der Waals surface area (Å²) in [5.41, 5.74) is -6.59. The maximum Gasteiger partial charge on any atom is 1.00 e. The van der Waals surface area contributed by atoms with Crippen molar-refractivity contribution in [2.24, 2.45) is 28.6 Å². The van der Waals surface area contributed by atoms with E-state index in [1.807, 2.05) is 0 Å². The normalized spacial score (nSPS) is 45.7. The van der Waals surface area contributed by atoms with Crippen LogP contribution in [-0.2, 0) is 18.7 Å². The standard InChI is InChI=1S/C22H30FO8P.2Na/c1-12-8-16-15-5-4-13-9-14(24)6-7-19(13,2)22(15,23)17(25)10-20(16,3)21(27,18(12)26)11-31-32(28,29)30;;/h6-7,9,12,15-17,25,27H,4-5,8,10-11H2,1-3H3,(H2,28,29,30);;/q;2*+1/p-2/t12-,15-,16?,17-,19-,20-,21-,22-;;/m0../s1. The third-order valence-electron chi connectivity index (χ3n) is 8.87. The summed E-state index contributed by atoms with van der Waals surface area (Å²) < 4.78 is 32.5. The van der Waals surface area contributed by atoms with Crippen molar-refractivity contribution in [1.82, 2.24) is 0 Å². The predicted molar refractivity (Wildman–Crippen MR) is 106 cm³/mol. The molecule has 8 nitrogen and oxygen atoms in total. The number of aliphatic hydroxyl groups is 2. The Labute approximate surface area is 242 Å². The molecule has 0 radical (unpaired) electrons. The van der Waals surface area contributed by atoms with Gasteiger partial charge in [-0.1, -0.05) is 25.5 Å². The Kier molecular flexibility index (Phi) is 8.96. The number of halogens is 1. The Bertz CT molecular complexity index is 984. The summed E-state index contributed by atoms with van der Waals surface area (Å²) in [7, 11) is -5.49. The van der Waals surface area contributed by atoms with E-state index in [4.69, 9.17) is 0 Å². The van der Waals surface area contributed by atoms with Crippen molar-refractivity contribution in [1.29, 1.82) is 0 Å². The zero-order valence-corrected chi connectivity index (χ0v) is 25.1. The molecule has 0 amide bonds. The van der Waals surface area contributed by atoms with Gasteiger partial charge in [-0.05, 0) is 50.7 Å². The molecule has 4 rings (SSSR count). The Morgan fingerprint density at radius 2 is 1.85 bits per heavy atom. The van der Waals surface area contributed by atoms with Crippen molar-refractivity contribution in [2.45, 2.75) is 63.8 Å². The minimum atomic E-state index is -5.49. The maximum atomic E-state index is 17.1. The van der Waals surface area contributed by atoms with Crippen molar-refractivity contribution in [3.8, 4) is 0 Å². The smallest absolute Gasteiger partial charge is 0.790 e. The number of fused-ring (bicyclic) bond motifs is 5. The van der Waals surface area contributed by atoms with Crippen LogP contribution in [0, 0.1) is 28.6 Å². The van der Waals surface area contributed by atoms with E-state index in [-0.39, 0.29) is 84.2 Å². The SMILES string of the molecule is C[C@H]1CC2[C@@H]3CCC4=CC(=O)C=C[C@]4(C)[C@@]3(F)[C@@H](O)C[C@]2(C)[C@](O)(COP(=O)([O-])[O-])C1=O.[Na+].[Na+]. The minimum Gasteiger partial charge on any atom is -0.790 e. The largest absolute Gasteiger partial charge is 1.00 e. The van der Waals surface area contributed by atoms with Gasteiger partial charge in [-0.15, -0.1) is 0 Å². The summed E-state index contributed by atoms with van der Waals surface area (Å²) in [6.07, 6.45) is 3.20. The first-order valence-corrected chi connectivity index (χ1v) is 12.3. The molecule has 178 valence electrons. The van der Waals surface area contributed by atoms with Crippen LogP contribution in [0.3, 0.4) is 0 Å². The monoisotopic (exact) mass is 516 g/mol. The van der Waals surface area contributed by atoms with Gasteiger partial charge in [0.15, 0.2) is 22.8 Å². The molecule has 3 fully saturated rings. The van der Waals surface area contributed by atoms with E-state index < -0.39 is 66.2 Å². The zero-order valence-electron chi connectivity index (χ0n) is 20.2. The first-order chi connectivity index (χ1) is 14.6. The number of aliphatic hydroxyl groups excluding tert-OH is 1. The quantitative estimate of drug-likeness (QED) is 0.280. The second-order valence-electron chi connectivity index (χ2n) is 10.3. The summed E-state index contributed by atoms with van der Waals surface area (Å²) in [6, 6.07) is 0. The van der Waals surface area contributed by atoms with Gasteiger partial charge in [-0.3, -0.25) is 9.59 Å². The van der Waals surface area contributed by atoms with Gasteiger partial charge in [0.05, 0.1) is 20.5 Å². The maximum absolute atomic E-state index is 17.1. The van der Waals surface area contributed by atoms with Crippen molar-refractivity contribution >= 4 is 19.4 Å². The average molecular weight is 516 g/mol. The third-order valence-corrected chi connectivity index (χ3v) is 9.32. The molecule has 0 saturated heterocycles. The Morgan fingerprint density at radius 1 is 1.24 bits per heavy atom. The molecule has 0 heterocycles. The Morgan fingerprint density at radius 3 is 2.44 bits per heavy atom. The molecular formula is C22H28FNa2O8P. The van der Waals surface area contributed by atoms with Gasteiger partial charge >= 0.3 is 59.1 Å². The second-order valence-corrected chi connectivity index (χ2v) is 11.5. The van der Waals surface area contributed by atoms with E-state index in [1.165, 1.54) is 25.2 Å². The molecule has 1 unspecified atom stereocenters. The van der Waals surface area contributed by atoms with E-state index >= 15 is 4.39 Å². The average Bonchev–Trinajstić information content (AvgIpc) is 2.69. The fourth-order valence-electron chi connectivity index (χ4n) is 7.06. The molecule has 0 aliphatic heterocycles. The van der Waals surface area contributed by atoms with Crippen LogP contribution in [0.5, 0.6) is 0 Å². The molecule has 12 heteroatoms. The summed E-state index contributed by atoms with van der Waals surface area (Å²) in [5.74, 6) is -3.03. The van der Waals surface area contributed by atoms with Gasteiger partial charge in [-0.2, -0.15) is 0 Å². The molecule has 0 aromatic carbocycles. The molecule has 0 aromatic heterocycles. The topological polar surface area (TPSA) is 147 Å². The molecule has 3 saturated carbocycles. The van der Waals surface area contributed by atoms with Crippen LogP contribution in [0.2, 0.25) is 0 Å². The number of ketones is 2. The first kappa shape index (κ1) is 31.0. The molecule has 0 aromatic rings. The number of allylic oxidation sites excluding steroid dienone is 4. The summed E-state index contributed by atoms with van der Waals surface area (Å²) in [6.45, 7) is 3.68. The Balaban J connectivity index is 0.00000204. The number of phosphoric acid groups is 1. The molecule has 0 bridgehead atoms. The van der Waals surface area contributed by atoms with Gasteiger partial charge in [0.25, 0.3) is 0 Å². The second kappa shape index (κ2) is 9.83. The molecule has 4 aliphatic carbocycles. The Hall–Kier alpha value is 0.780. The minimum absolute atomic E-state index is 0. The summed E-state index contributed by atoms with van der Waals surface area (Å²) >= 11 is 0. The van der Waals surface area contributed by atoms with Crippen LogP contribution in [-0.4, -0.2) is 45.8 Å². The van der Waals surface area contributed by atoms with Crippen LogP contribution in [0.1, 0.15) is 46.5 Å². The van der Waals surface area contributed by atoms with E-state index in [0.29, 0.717) is 12.0 Å². The van der Waals surface area contributed by atoms with Gasteiger partial charge in [-0.25, -0.2) is 4.39 Å². The zero-order chi connectivity index (χ0) is 23.9. The summed E-state index contributed by atoms with van der Waals surface area (Å²) in [5, 5.41) is 22.7. The number of hydrogen-bond acceptors (Lipinski definition) is 8. The molecule has 4 aliphatic rings. The van der Waals surface area contributed by atoms with Gasteiger partial charge in [0.2, 0.25) is 0 Å². The fourth-order valence-corrected chi connectivity index (χ4v) is 7.40. The van der Waals surface area contributed by atoms with Gasteiger partial charge in [0, 0.05) is 22.7 Å². The van der Waals surface area contributed by atoms with Crippen LogP contribution in [0.15, 0.2) is 23.8 Å². The molecule has 8 atom stereocenters. The number of alkyl halides is 1. The molecule has 2 N–H and O–H groups in total. The van der Waals surface area contributed by atoms with Crippen LogP contribution >= 0.6 is 7.82 Å². The molecular weight excluding hydrogens is 488 g/mol. The number of Topliss-reactive ketones (excluding diaryl/α,β-unsaturated/α-hetero) is 1. The van der Waals surface area contributed by atoms with Gasteiger partial charge < -0.3 is 29.1 Å². The van der Waals surface area contributed by atoms with Crippen molar-refractivity contribution in [3.63, 3.8) is 0 Å². The van der Waals surface area contributed by atoms with E-state index in [1.54, 1.807) is 13.8 Å². The number of rotatable bonds is 3. The van der Waals surface area contributed by atoms with E-state index in [0.717, 1.165) is 0 Å².